The highest BCUT2D eigenvalue weighted by Gasteiger charge is 2.33. The summed E-state index contributed by atoms with van der Waals surface area (Å²) >= 11 is 6.00. The van der Waals surface area contributed by atoms with Crippen molar-refractivity contribution in [3.63, 3.8) is 0 Å². The molecule has 1 aromatic carbocycles. The van der Waals surface area contributed by atoms with Gasteiger partial charge in [0.15, 0.2) is 0 Å². The van der Waals surface area contributed by atoms with E-state index < -0.39 is 5.97 Å². The lowest BCUT2D eigenvalue weighted by molar-refractivity contribution is -0.134. The molecule has 9 nitrogen and oxygen atoms in total. The predicted octanol–water partition coefficient (Wildman–Crippen LogP) is 3.69. The van der Waals surface area contributed by atoms with Gasteiger partial charge in [-0.1, -0.05) is 31.4 Å². The lowest BCUT2D eigenvalue weighted by atomic mass is 9.94. The molecule has 3 aromatic rings. The number of hydrogen-bond acceptors (Lipinski definition) is 5. The highest BCUT2D eigenvalue weighted by Crippen LogP contribution is 2.32. The van der Waals surface area contributed by atoms with Crippen molar-refractivity contribution in [3.8, 4) is 11.4 Å². The number of fused-ring (bicyclic) bond motifs is 1. The molecule has 1 aliphatic rings. The van der Waals surface area contributed by atoms with Crippen LogP contribution in [0.4, 0.5) is 0 Å². The van der Waals surface area contributed by atoms with Gasteiger partial charge in [0.2, 0.25) is 5.91 Å². The lowest BCUT2D eigenvalue weighted by Gasteiger charge is -2.36. The Hall–Kier alpha value is -3.46. The summed E-state index contributed by atoms with van der Waals surface area (Å²) in [6.45, 7) is 2.79. The van der Waals surface area contributed by atoms with Gasteiger partial charge < -0.3 is 15.0 Å². The molecule has 0 aliphatic carbocycles. The third-order valence-electron chi connectivity index (χ3n) is 6.05. The summed E-state index contributed by atoms with van der Waals surface area (Å²) in [7, 11) is 0. The number of amides is 1. The van der Waals surface area contributed by atoms with Crippen LogP contribution >= 0.6 is 11.6 Å². The summed E-state index contributed by atoms with van der Waals surface area (Å²) in [6, 6.07) is 6.79. The number of aromatic amines is 1. The van der Waals surface area contributed by atoms with Crippen molar-refractivity contribution in [1.82, 2.24) is 24.6 Å². The number of carboxylic acids is 1. The van der Waals surface area contributed by atoms with Crippen LogP contribution in [0.25, 0.3) is 11.4 Å². The summed E-state index contributed by atoms with van der Waals surface area (Å²) < 4.78 is 1.46. The highest BCUT2D eigenvalue weighted by molar-refractivity contribution is 6.30. The smallest absolute Gasteiger partial charge is 0.338 e. The molecular weight excluding hydrogens is 458 g/mol. The van der Waals surface area contributed by atoms with Gasteiger partial charge in [-0.15, -0.1) is 0 Å². The maximum atomic E-state index is 13.2. The minimum Gasteiger partial charge on any atom is -0.478 e. The van der Waals surface area contributed by atoms with Gasteiger partial charge in [-0.05, 0) is 37.1 Å². The van der Waals surface area contributed by atoms with Crippen LogP contribution in [0.5, 0.6) is 0 Å². The molecule has 10 heteroatoms. The average molecular weight is 484 g/mol. The molecule has 4 rings (SSSR count). The monoisotopic (exact) mass is 483 g/mol. The number of aromatic nitrogens is 4. The number of aromatic carboxylic acids is 1. The van der Waals surface area contributed by atoms with Crippen LogP contribution in [0.1, 0.15) is 60.3 Å². The van der Waals surface area contributed by atoms with E-state index in [4.69, 9.17) is 21.7 Å². The van der Waals surface area contributed by atoms with Crippen LogP contribution in [-0.2, 0) is 17.8 Å². The Morgan fingerprint density at radius 3 is 2.71 bits per heavy atom. The fourth-order valence-electron chi connectivity index (χ4n) is 4.25. The quantitative estimate of drug-likeness (QED) is 0.504. The zero-order valence-corrected chi connectivity index (χ0v) is 19.6. The SMILES string of the molecule is CCCCC1c2nc(-c3ccc(Cl)cc3)[nH]c(=O)c2CCN1C(=O)CCn1cc(C(=O)O)cn1. The molecule has 0 fully saturated rings. The number of unbranched alkanes of at least 4 members (excludes halogenated alkanes) is 1. The van der Waals surface area contributed by atoms with E-state index >= 15 is 0 Å². The normalized spacial score (nSPS) is 15.2. The minimum atomic E-state index is -1.06. The number of aryl methyl sites for hydroxylation is 1. The first kappa shape index (κ1) is 23.7. The van der Waals surface area contributed by atoms with Crippen LogP contribution in [0.15, 0.2) is 41.5 Å². The van der Waals surface area contributed by atoms with Crippen molar-refractivity contribution in [1.29, 1.82) is 0 Å². The number of benzene rings is 1. The van der Waals surface area contributed by atoms with E-state index in [1.807, 2.05) is 0 Å². The maximum Gasteiger partial charge on any atom is 0.338 e. The van der Waals surface area contributed by atoms with E-state index in [1.165, 1.54) is 17.1 Å². The number of rotatable bonds is 8. The zero-order chi connectivity index (χ0) is 24.2. The second-order valence-electron chi connectivity index (χ2n) is 8.33. The lowest BCUT2D eigenvalue weighted by Crippen LogP contribution is -2.43. The Kier molecular flexibility index (Phi) is 7.12. The van der Waals surface area contributed by atoms with E-state index in [0.29, 0.717) is 41.5 Å². The van der Waals surface area contributed by atoms with Gasteiger partial charge in [0.1, 0.15) is 5.82 Å². The van der Waals surface area contributed by atoms with Crippen molar-refractivity contribution in [2.75, 3.05) is 6.54 Å². The number of halogens is 1. The molecule has 1 unspecified atom stereocenters. The molecule has 1 atom stereocenters. The summed E-state index contributed by atoms with van der Waals surface area (Å²) in [5.41, 5.74) is 1.92. The Bertz CT molecular complexity index is 1250. The van der Waals surface area contributed by atoms with Gasteiger partial charge in [-0.25, -0.2) is 9.78 Å². The number of nitrogens with one attached hydrogen (secondary N) is 1. The van der Waals surface area contributed by atoms with Gasteiger partial charge in [0, 0.05) is 41.9 Å². The van der Waals surface area contributed by atoms with Crippen molar-refractivity contribution in [3.05, 3.63) is 68.9 Å². The molecule has 3 heterocycles. The first-order chi connectivity index (χ1) is 16.4. The number of carboxylic acid groups (broad SMARTS) is 1. The summed E-state index contributed by atoms with van der Waals surface area (Å²) in [6.07, 6.45) is 5.82. The van der Waals surface area contributed by atoms with Crippen molar-refractivity contribution < 1.29 is 14.7 Å². The van der Waals surface area contributed by atoms with Crippen LogP contribution in [0.2, 0.25) is 5.02 Å². The topological polar surface area (TPSA) is 121 Å². The van der Waals surface area contributed by atoms with E-state index in [9.17, 15) is 14.4 Å². The first-order valence-corrected chi connectivity index (χ1v) is 11.7. The number of hydrogen-bond donors (Lipinski definition) is 2. The minimum absolute atomic E-state index is 0.0748. The van der Waals surface area contributed by atoms with Gasteiger partial charge >= 0.3 is 5.97 Å². The fraction of sp³-hybridized carbons (Fsp3) is 0.375. The van der Waals surface area contributed by atoms with E-state index in [1.54, 1.807) is 29.2 Å². The largest absolute Gasteiger partial charge is 0.478 e. The molecule has 34 heavy (non-hydrogen) atoms. The third kappa shape index (κ3) is 5.04. The van der Waals surface area contributed by atoms with Crippen LogP contribution in [-0.4, -0.2) is 48.2 Å². The molecule has 0 saturated carbocycles. The maximum absolute atomic E-state index is 13.2. The summed E-state index contributed by atoms with van der Waals surface area (Å²) in [5.74, 6) is -0.680. The molecule has 0 spiro atoms. The Labute approximate surface area is 201 Å². The van der Waals surface area contributed by atoms with Crippen molar-refractivity contribution in [2.24, 2.45) is 0 Å². The third-order valence-corrected chi connectivity index (χ3v) is 6.30. The molecule has 178 valence electrons. The molecule has 0 bridgehead atoms. The second-order valence-corrected chi connectivity index (χ2v) is 8.76. The molecule has 2 aromatic heterocycles. The number of carbonyl (C=O) groups is 2. The highest BCUT2D eigenvalue weighted by atomic mass is 35.5. The Morgan fingerprint density at radius 2 is 2.03 bits per heavy atom. The van der Waals surface area contributed by atoms with Crippen molar-refractivity contribution in [2.45, 2.75) is 51.6 Å². The summed E-state index contributed by atoms with van der Waals surface area (Å²) in [5, 5.41) is 13.7. The zero-order valence-electron chi connectivity index (χ0n) is 18.8. The molecule has 0 radical (unpaired) electrons. The van der Waals surface area contributed by atoms with Crippen LogP contribution < -0.4 is 5.56 Å². The number of carbonyl (C=O) groups excluding carboxylic acids is 1. The van der Waals surface area contributed by atoms with Gasteiger partial charge in [0.25, 0.3) is 5.56 Å². The van der Waals surface area contributed by atoms with E-state index in [-0.39, 0.29) is 36.0 Å². The van der Waals surface area contributed by atoms with Crippen LogP contribution in [0, 0.1) is 0 Å². The average Bonchev–Trinajstić information content (AvgIpc) is 3.31. The van der Waals surface area contributed by atoms with Crippen molar-refractivity contribution >= 4 is 23.5 Å². The standard InChI is InChI=1S/C24H26ClN5O4/c1-2-3-4-19-21-18(23(32)28-22(27-21)15-5-7-17(25)8-6-15)9-12-30(19)20(31)10-11-29-14-16(13-26-29)24(33)34/h5-8,13-14,19H,2-4,9-12H2,1H3,(H,33,34)(H,27,28,32). The molecule has 0 saturated heterocycles. The van der Waals surface area contributed by atoms with Crippen LogP contribution in [0.3, 0.4) is 0 Å². The number of H-pyrrole nitrogens is 1. The molecule has 2 N–H and O–H groups in total. The Balaban J connectivity index is 1.60. The van der Waals surface area contributed by atoms with E-state index in [2.05, 4.69) is 17.0 Å². The Morgan fingerprint density at radius 1 is 1.26 bits per heavy atom. The molecular formula is C24H26ClN5O4. The first-order valence-electron chi connectivity index (χ1n) is 11.3. The molecule has 1 aliphatic heterocycles. The number of nitrogens with zero attached hydrogens (tertiary/aromatic N) is 4. The summed E-state index contributed by atoms with van der Waals surface area (Å²) in [4.78, 5) is 46.7. The van der Waals surface area contributed by atoms with E-state index in [0.717, 1.165) is 18.4 Å². The van der Waals surface area contributed by atoms with Gasteiger partial charge in [-0.3, -0.25) is 14.3 Å². The fourth-order valence-corrected chi connectivity index (χ4v) is 4.38. The van der Waals surface area contributed by atoms with Gasteiger partial charge in [0.05, 0.1) is 23.5 Å². The molecule has 1 amide bonds. The second kappa shape index (κ2) is 10.2. The van der Waals surface area contributed by atoms with Gasteiger partial charge in [-0.2, -0.15) is 5.10 Å². The predicted molar refractivity (Wildman–Crippen MR) is 127 cm³/mol.